The van der Waals surface area contributed by atoms with Gasteiger partial charge in [-0.1, -0.05) is 11.6 Å². The Kier molecular flexibility index (Phi) is 3.62. The molecular weight excluding hydrogens is 226 g/mol. The summed E-state index contributed by atoms with van der Waals surface area (Å²) in [7, 11) is 0. The highest BCUT2D eigenvalue weighted by molar-refractivity contribution is 6.33. The second-order valence-electron chi connectivity index (χ2n) is 3.81. The molecule has 1 N–H and O–H groups in total. The second-order valence-corrected chi connectivity index (χ2v) is 4.22. The van der Waals surface area contributed by atoms with Crippen LogP contribution in [0.5, 0.6) is 0 Å². The van der Waals surface area contributed by atoms with Gasteiger partial charge >= 0.3 is 6.03 Å². The molecule has 4 nitrogen and oxygen atoms in total. The van der Waals surface area contributed by atoms with Crippen LogP contribution in [0.15, 0.2) is 18.3 Å². The van der Waals surface area contributed by atoms with Gasteiger partial charge in [-0.2, -0.15) is 0 Å². The van der Waals surface area contributed by atoms with Crippen molar-refractivity contribution in [2.75, 3.05) is 18.4 Å². The molecule has 1 saturated heterocycles. The first-order valence-corrected chi connectivity index (χ1v) is 5.81. The summed E-state index contributed by atoms with van der Waals surface area (Å²) in [6, 6.07) is 3.33. The highest BCUT2D eigenvalue weighted by Crippen LogP contribution is 2.18. The Morgan fingerprint density at radius 1 is 1.38 bits per heavy atom. The molecule has 0 radical (unpaired) electrons. The van der Waals surface area contributed by atoms with E-state index in [4.69, 9.17) is 11.6 Å². The van der Waals surface area contributed by atoms with E-state index in [9.17, 15) is 4.79 Å². The molecule has 2 rings (SSSR count). The number of likely N-dealkylation sites (tertiary alicyclic amines) is 1. The maximum Gasteiger partial charge on any atom is 0.323 e. The Hall–Kier alpha value is -1.29. The molecule has 0 unspecified atom stereocenters. The number of piperidine rings is 1. The zero-order chi connectivity index (χ0) is 11.4. The average molecular weight is 240 g/mol. The van der Waals surface area contributed by atoms with Crippen LogP contribution >= 0.6 is 11.6 Å². The summed E-state index contributed by atoms with van der Waals surface area (Å²) in [5.41, 5.74) is 0. The minimum Gasteiger partial charge on any atom is -0.325 e. The molecule has 2 heterocycles. The van der Waals surface area contributed by atoms with Crippen molar-refractivity contribution in [1.29, 1.82) is 0 Å². The van der Waals surface area contributed by atoms with Gasteiger partial charge in [-0.15, -0.1) is 0 Å². The summed E-state index contributed by atoms with van der Waals surface area (Å²) in [5, 5.41) is 3.19. The van der Waals surface area contributed by atoms with Gasteiger partial charge < -0.3 is 4.90 Å². The minimum atomic E-state index is -0.111. The molecule has 0 aliphatic carbocycles. The maximum absolute atomic E-state index is 11.8. The SMILES string of the molecule is O=C(Nc1ncccc1Cl)N1CCCCC1. The van der Waals surface area contributed by atoms with Gasteiger partial charge in [0.15, 0.2) is 5.82 Å². The third-order valence-electron chi connectivity index (χ3n) is 2.63. The van der Waals surface area contributed by atoms with Crippen LogP contribution in [0.4, 0.5) is 10.6 Å². The van der Waals surface area contributed by atoms with E-state index in [0.717, 1.165) is 25.9 Å². The van der Waals surface area contributed by atoms with E-state index in [1.165, 1.54) is 6.42 Å². The summed E-state index contributed by atoms with van der Waals surface area (Å²) in [4.78, 5) is 17.7. The smallest absolute Gasteiger partial charge is 0.323 e. The molecule has 1 aliphatic rings. The molecule has 1 fully saturated rings. The quantitative estimate of drug-likeness (QED) is 0.819. The van der Waals surface area contributed by atoms with E-state index in [0.29, 0.717) is 10.8 Å². The van der Waals surface area contributed by atoms with Crippen molar-refractivity contribution in [3.8, 4) is 0 Å². The van der Waals surface area contributed by atoms with Crippen LogP contribution in [0.3, 0.4) is 0 Å². The lowest BCUT2D eigenvalue weighted by molar-refractivity contribution is 0.200. The summed E-state index contributed by atoms with van der Waals surface area (Å²) in [6.45, 7) is 1.63. The number of aromatic nitrogens is 1. The van der Waals surface area contributed by atoms with Crippen LogP contribution in [-0.2, 0) is 0 Å². The molecule has 1 aromatic heterocycles. The van der Waals surface area contributed by atoms with Crippen LogP contribution in [0, 0.1) is 0 Å². The van der Waals surface area contributed by atoms with E-state index in [1.54, 1.807) is 23.2 Å². The Morgan fingerprint density at radius 3 is 2.81 bits per heavy atom. The Bertz CT molecular complexity index is 377. The molecule has 0 bridgehead atoms. The van der Waals surface area contributed by atoms with E-state index < -0.39 is 0 Å². The third-order valence-corrected chi connectivity index (χ3v) is 2.93. The Balaban J connectivity index is 1.99. The first-order chi connectivity index (χ1) is 7.77. The van der Waals surface area contributed by atoms with Gasteiger partial charge in [-0.25, -0.2) is 9.78 Å². The van der Waals surface area contributed by atoms with Crippen molar-refractivity contribution in [1.82, 2.24) is 9.88 Å². The number of carbonyl (C=O) groups excluding carboxylic acids is 1. The van der Waals surface area contributed by atoms with Gasteiger partial charge in [-0.05, 0) is 31.4 Å². The van der Waals surface area contributed by atoms with Gasteiger partial charge in [-0.3, -0.25) is 5.32 Å². The van der Waals surface area contributed by atoms with Crippen molar-refractivity contribution >= 4 is 23.4 Å². The molecule has 1 aliphatic heterocycles. The van der Waals surface area contributed by atoms with Crippen molar-refractivity contribution in [3.05, 3.63) is 23.4 Å². The third kappa shape index (κ3) is 2.64. The lowest BCUT2D eigenvalue weighted by Crippen LogP contribution is -2.38. The van der Waals surface area contributed by atoms with Crippen LogP contribution < -0.4 is 5.32 Å². The number of pyridine rings is 1. The van der Waals surface area contributed by atoms with Crippen molar-refractivity contribution in [3.63, 3.8) is 0 Å². The number of amides is 2. The van der Waals surface area contributed by atoms with Gasteiger partial charge in [0, 0.05) is 19.3 Å². The highest BCUT2D eigenvalue weighted by Gasteiger charge is 2.17. The van der Waals surface area contributed by atoms with E-state index in [-0.39, 0.29) is 6.03 Å². The first-order valence-electron chi connectivity index (χ1n) is 5.44. The molecule has 2 amide bonds. The van der Waals surface area contributed by atoms with Crippen LogP contribution in [-0.4, -0.2) is 29.0 Å². The summed E-state index contributed by atoms with van der Waals surface area (Å²) in [5.74, 6) is 0.430. The fraction of sp³-hybridized carbons (Fsp3) is 0.455. The number of hydrogen-bond donors (Lipinski definition) is 1. The Morgan fingerprint density at radius 2 is 2.12 bits per heavy atom. The second kappa shape index (κ2) is 5.16. The molecule has 5 heteroatoms. The van der Waals surface area contributed by atoms with Gasteiger partial charge in [0.2, 0.25) is 0 Å². The van der Waals surface area contributed by atoms with Crippen molar-refractivity contribution < 1.29 is 4.79 Å². The van der Waals surface area contributed by atoms with E-state index in [1.807, 2.05) is 0 Å². The number of urea groups is 1. The maximum atomic E-state index is 11.8. The van der Waals surface area contributed by atoms with Gasteiger partial charge in [0.1, 0.15) is 0 Å². The number of nitrogens with zero attached hydrogens (tertiary/aromatic N) is 2. The lowest BCUT2D eigenvalue weighted by Gasteiger charge is -2.26. The van der Waals surface area contributed by atoms with Crippen LogP contribution in [0.1, 0.15) is 19.3 Å². The van der Waals surface area contributed by atoms with E-state index >= 15 is 0 Å². The van der Waals surface area contributed by atoms with Crippen LogP contribution in [0.25, 0.3) is 0 Å². The molecule has 1 aromatic rings. The van der Waals surface area contributed by atoms with Gasteiger partial charge in [0.25, 0.3) is 0 Å². The zero-order valence-electron chi connectivity index (χ0n) is 8.95. The summed E-state index contributed by atoms with van der Waals surface area (Å²) >= 11 is 5.91. The fourth-order valence-corrected chi connectivity index (χ4v) is 1.92. The molecular formula is C11H14ClN3O. The minimum absolute atomic E-state index is 0.111. The standard InChI is InChI=1S/C11H14ClN3O/c12-9-5-4-6-13-10(9)14-11(16)15-7-2-1-3-8-15/h4-6H,1-3,7-8H2,(H,13,14,16). The lowest BCUT2D eigenvalue weighted by atomic mass is 10.1. The van der Waals surface area contributed by atoms with Crippen molar-refractivity contribution in [2.24, 2.45) is 0 Å². The molecule has 0 saturated carbocycles. The zero-order valence-corrected chi connectivity index (χ0v) is 9.70. The fourth-order valence-electron chi connectivity index (χ4n) is 1.76. The van der Waals surface area contributed by atoms with E-state index in [2.05, 4.69) is 10.3 Å². The van der Waals surface area contributed by atoms with Crippen molar-refractivity contribution in [2.45, 2.75) is 19.3 Å². The molecule has 0 atom stereocenters. The number of nitrogens with one attached hydrogen (secondary N) is 1. The summed E-state index contributed by atoms with van der Waals surface area (Å²) in [6.07, 6.45) is 4.96. The first kappa shape index (κ1) is 11.2. The largest absolute Gasteiger partial charge is 0.325 e. The Labute approximate surface area is 99.6 Å². The number of anilines is 1. The molecule has 86 valence electrons. The van der Waals surface area contributed by atoms with Crippen LogP contribution in [0.2, 0.25) is 5.02 Å². The predicted molar refractivity (Wildman–Crippen MR) is 63.7 cm³/mol. The number of halogens is 1. The highest BCUT2D eigenvalue weighted by atomic mass is 35.5. The number of rotatable bonds is 1. The van der Waals surface area contributed by atoms with Gasteiger partial charge in [0.05, 0.1) is 5.02 Å². The average Bonchev–Trinajstić information content (AvgIpc) is 2.33. The monoisotopic (exact) mass is 239 g/mol. The number of hydrogen-bond acceptors (Lipinski definition) is 2. The normalized spacial score (nSPS) is 15.9. The molecule has 0 aromatic carbocycles. The summed E-state index contributed by atoms with van der Waals surface area (Å²) < 4.78 is 0. The predicted octanol–water partition coefficient (Wildman–Crippen LogP) is 2.75. The number of carbonyl (C=O) groups is 1. The molecule has 16 heavy (non-hydrogen) atoms. The topological polar surface area (TPSA) is 45.2 Å². The molecule has 0 spiro atoms.